The summed E-state index contributed by atoms with van der Waals surface area (Å²) in [6, 6.07) is 16.1. The molecule has 0 fully saturated rings. The Bertz CT molecular complexity index is 1310. The van der Waals surface area contributed by atoms with Crippen LogP contribution in [0, 0.1) is 3.57 Å². The third kappa shape index (κ3) is 5.86. The van der Waals surface area contributed by atoms with Gasteiger partial charge in [-0.25, -0.2) is 9.79 Å². The average molecular weight is 629 g/mol. The molecular formula is C25H17Cl3INO4. The summed E-state index contributed by atoms with van der Waals surface area (Å²) in [4.78, 5) is 16.8. The molecule has 9 heteroatoms. The van der Waals surface area contributed by atoms with Gasteiger partial charge in [-0.1, -0.05) is 46.9 Å². The predicted octanol–water partition coefficient (Wildman–Crippen LogP) is 7.57. The van der Waals surface area contributed by atoms with E-state index in [0.29, 0.717) is 44.3 Å². The van der Waals surface area contributed by atoms with Crippen molar-refractivity contribution in [3.63, 3.8) is 0 Å². The number of ether oxygens (including phenoxy) is 3. The van der Waals surface area contributed by atoms with Gasteiger partial charge in [0.25, 0.3) is 0 Å². The molecule has 0 atom stereocenters. The summed E-state index contributed by atoms with van der Waals surface area (Å²) in [5.41, 5.74) is 2.21. The number of aliphatic imine (C=N–C) groups is 1. The molecule has 0 aliphatic carbocycles. The maximum atomic E-state index is 12.5. The van der Waals surface area contributed by atoms with Crippen molar-refractivity contribution in [3.05, 3.63) is 95.6 Å². The van der Waals surface area contributed by atoms with Crippen LogP contribution in [0.4, 0.5) is 0 Å². The van der Waals surface area contributed by atoms with Gasteiger partial charge in [0.1, 0.15) is 6.61 Å². The van der Waals surface area contributed by atoms with E-state index in [-0.39, 0.29) is 18.2 Å². The second kappa shape index (κ2) is 11.0. The summed E-state index contributed by atoms with van der Waals surface area (Å²) in [6.07, 6.45) is 1.58. The van der Waals surface area contributed by atoms with E-state index in [1.165, 1.54) is 0 Å². The van der Waals surface area contributed by atoms with Crippen molar-refractivity contribution >= 4 is 75.3 Å². The first-order valence-electron chi connectivity index (χ1n) is 10.2. The Morgan fingerprint density at radius 3 is 2.50 bits per heavy atom. The smallest absolute Gasteiger partial charge is 0.363 e. The van der Waals surface area contributed by atoms with Crippen LogP contribution in [-0.2, 0) is 16.1 Å². The van der Waals surface area contributed by atoms with Gasteiger partial charge in [0.15, 0.2) is 17.2 Å². The summed E-state index contributed by atoms with van der Waals surface area (Å²) >= 11 is 20.9. The van der Waals surface area contributed by atoms with E-state index in [0.717, 1.165) is 9.13 Å². The van der Waals surface area contributed by atoms with Gasteiger partial charge in [0.05, 0.1) is 22.2 Å². The Kier molecular flexibility index (Phi) is 8.03. The van der Waals surface area contributed by atoms with Crippen molar-refractivity contribution in [2.75, 3.05) is 6.61 Å². The van der Waals surface area contributed by atoms with E-state index >= 15 is 0 Å². The van der Waals surface area contributed by atoms with Crippen molar-refractivity contribution in [2.45, 2.75) is 13.5 Å². The lowest BCUT2D eigenvalue weighted by molar-refractivity contribution is -0.129. The van der Waals surface area contributed by atoms with Crippen LogP contribution in [0.1, 0.15) is 23.6 Å². The number of esters is 1. The first-order chi connectivity index (χ1) is 16.3. The van der Waals surface area contributed by atoms with E-state index < -0.39 is 5.97 Å². The summed E-state index contributed by atoms with van der Waals surface area (Å²) < 4.78 is 18.0. The van der Waals surface area contributed by atoms with Crippen LogP contribution in [-0.4, -0.2) is 18.5 Å². The number of hydrogen-bond donors (Lipinski definition) is 0. The van der Waals surface area contributed by atoms with Gasteiger partial charge in [-0.3, -0.25) is 0 Å². The van der Waals surface area contributed by atoms with E-state index in [4.69, 9.17) is 49.0 Å². The third-order valence-electron chi connectivity index (χ3n) is 4.71. The van der Waals surface area contributed by atoms with Crippen molar-refractivity contribution in [1.82, 2.24) is 0 Å². The lowest BCUT2D eigenvalue weighted by Gasteiger charge is -2.14. The summed E-state index contributed by atoms with van der Waals surface area (Å²) in [5, 5.41) is 1.43. The summed E-state index contributed by atoms with van der Waals surface area (Å²) in [7, 11) is 0. The number of rotatable bonds is 7. The minimum Gasteiger partial charge on any atom is -0.490 e. The van der Waals surface area contributed by atoms with Crippen LogP contribution >= 0.6 is 57.4 Å². The van der Waals surface area contributed by atoms with Crippen LogP contribution in [0.25, 0.3) is 6.08 Å². The van der Waals surface area contributed by atoms with Gasteiger partial charge >= 0.3 is 5.97 Å². The Hall–Kier alpha value is -2.26. The van der Waals surface area contributed by atoms with E-state index in [1.54, 1.807) is 42.5 Å². The fraction of sp³-hybridized carbons (Fsp3) is 0.120. The second-order valence-corrected chi connectivity index (χ2v) is 9.63. The van der Waals surface area contributed by atoms with Crippen LogP contribution in [0.15, 0.2) is 65.3 Å². The minimum absolute atomic E-state index is 0.123. The normalized spacial score (nSPS) is 14.2. The minimum atomic E-state index is -0.581. The van der Waals surface area contributed by atoms with Crippen molar-refractivity contribution in [1.29, 1.82) is 0 Å². The SMILES string of the molecule is CCOc1cc(/C=C2\N=C(c3cc(I)ccc3Cl)OC2=O)cc(Cl)c1OCc1ccc(Cl)cc1. The molecule has 0 radical (unpaired) electrons. The zero-order chi connectivity index (χ0) is 24.2. The molecule has 0 saturated carbocycles. The standard InChI is InChI=1S/C25H17Cl3INO4/c1-2-32-22-11-15(9-20(28)23(22)33-13-14-3-5-16(26)6-4-14)10-21-25(31)34-24(30-21)18-12-17(29)7-8-19(18)27/h3-12H,2,13H2,1H3/b21-10-. The van der Waals surface area contributed by atoms with Crippen molar-refractivity contribution in [3.8, 4) is 11.5 Å². The van der Waals surface area contributed by atoms with Crippen LogP contribution < -0.4 is 9.47 Å². The van der Waals surface area contributed by atoms with Gasteiger partial charge in [0, 0.05) is 8.59 Å². The lowest BCUT2D eigenvalue weighted by Crippen LogP contribution is -2.06. The number of halogens is 4. The third-order valence-corrected chi connectivity index (χ3v) is 6.24. The molecule has 4 rings (SSSR count). The number of carbonyl (C=O) groups is 1. The molecule has 3 aromatic rings. The Morgan fingerprint density at radius 2 is 1.76 bits per heavy atom. The maximum Gasteiger partial charge on any atom is 0.363 e. The molecule has 1 heterocycles. The first kappa shape index (κ1) is 24.9. The van der Waals surface area contributed by atoms with Crippen molar-refractivity contribution < 1.29 is 19.0 Å². The van der Waals surface area contributed by atoms with Gasteiger partial charge in [-0.15, -0.1) is 0 Å². The lowest BCUT2D eigenvalue weighted by atomic mass is 10.1. The average Bonchev–Trinajstić information content (AvgIpc) is 3.16. The van der Waals surface area contributed by atoms with Gasteiger partial charge < -0.3 is 14.2 Å². The molecule has 0 spiro atoms. The number of carbonyl (C=O) groups excluding carboxylic acids is 1. The molecule has 0 saturated heterocycles. The van der Waals surface area contributed by atoms with Crippen molar-refractivity contribution in [2.24, 2.45) is 4.99 Å². The van der Waals surface area contributed by atoms with Crippen LogP contribution in [0.2, 0.25) is 15.1 Å². The van der Waals surface area contributed by atoms with Crippen LogP contribution in [0.3, 0.4) is 0 Å². The monoisotopic (exact) mass is 627 g/mol. The molecule has 34 heavy (non-hydrogen) atoms. The molecular weight excluding hydrogens is 612 g/mol. The molecule has 0 unspecified atom stereocenters. The highest BCUT2D eigenvalue weighted by atomic mass is 127. The highest BCUT2D eigenvalue weighted by Gasteiger charge is 2.26. The molecule has 0 aromatic heterocycles. The molecule has 174 valence electrons. The highest BCUT2D eigenvalue weighted by Crippen LogP contribution is 2.38. The fourth-order valence-electron chi connectivity index (χ4n) is 3.15. The Balaban J connectivity index is 1.62. The molecule has 5 nitrogen and oxygen atoms in total. The predicted molar refractivity (Wildman–Crippen MR) is 143 cm³/mol. The Morgan fingerprint density at radius 1 is 1.00 bits per heavy atom. The largest absolute Gasteiger partial charge is 0.490 e. The number of hydrogen-bond acceptors (Lipinski definition) is 5. The molecule has 1 aliphatic rings. The quantitative estimate of drug-likeness (QED) is 0.154. The topological polar surface area (TPSA) is 57.1 Å². The molecule has 0 N–H and O–H groups in total. The molecule has 3 aromatic carbocycles. The molecule has 0 amide bonds. The maximum absolute atomic E-state index is 12.5. The van der Waals surface area contributed by atoms with Gasteiger partial charge in [-0.05, 0) is 89.2 Å². The zero-order valence-corrected chi connectivity index (χ0v) is 22.2. The summed E-state index contributed by atoms with van der Waals surface area (Å²) in [5.74, 6) is 0.428. The number of cyclic esters (lactones) is 1. The summed E-state index contributed by atoms with van der Waals surface area (Å²) in [6.45, 7) is 2.55. The number of benzene rings is 3. The molecule has 0 bridgehead atoms. The van der Waals surface area contributed by atoms with E-state index in [1.807, 2.05) is 25.1 Å². The highest BCUT2D eigenvalue weighted by molar-refractivity contribution is 14.1. The fourth-order valence-corrected chi connectivity index (χ4v) is 4.24. The molecule has 1 aliphatic heterocycles. The first-order valence-corrected chi connectivity index (χ1v) is 12.4. The number of nitrogens with zero attached hydrogens (tertiary/aromatic N) is 1. The van der Waals surface area contributed by atoms with Crippen LogP contribution in [0.5, 0.6) is 11.5 Å². The second-order valence-electron chi connectivity index (χ2n) is 7.14. The van der Waals surface area contributed by atoms with Gasteiger partial charge in [0.2, 0.25) is 5.90 Å². The Labute approximate surface area is 225 Å². The van der Waals surface area contributed by atoms with Gasteiger partial charge in [-0.2, -0.15) is 0 Å². The van der Waals surface area contributed by atoms with E-state index in [9.17, 15) is 4.79 Å². The van der Waals surface area contributed by atoms with E-state index in [2.05, 4.69) is 27.6 Å². The zero-order valence-electron chi connectivity index (χ0n) is 17.8.